The third-order valence-corrected chi connectivity index (χ3v) is 10.3. The number of carbonyl (C=O) groups excluding carboxylic acids is 1. The lowest BCUT2D eigenvalue weighted by molar-refractivity contribution is -0.0344. The molecule has 2 saturated carbocycles. The highest BCUT2D eigenvalue weighted by Crippen LogP contribution is 2.37. The number of benzene rings is 1. The monoisotopic (exact) mass is 657 g/mol. The van der Waals surface area contributed by atoms with Crippen LogP contribution in [0, 0.1) is 0 Å². The second-order valence-corrected chi connectivity index (χ2v) is 13.3. The van der Waals surface area contributed by atoms with E-state index in [1.54, 1.807) is 21.3 Å². The molecule has 2 aliphatic carbocycles. The summed E-state index contributed by atoms with van der Waals surface area (Å²) in [6, 6.07) is 8.98. The Morgan fingerprint density at radius 2 is 1.88 bits per heavy atom. The maximum Gasteiger partial charge on any atom is 0.328 e. The number of amides is 1. The van der Waals surface area contributed by atoms with Gasteiger partial charge in [0.1, 0.15) is 34.8 Å². The Bertz CT molecular complexity index is 1900. The average Bonchev–Trinajstić information content (AvgIpc) is 3.52. The van der Waals surface area contributed by atoms with Crippen LogP contribution in [0.2, 0.25) is 0 Å². The molecule has 0 spiro atoms. The first-order valence-corrected chi connectivity index (χ1v) is 16.5. The van der Waals surface area contributed by atoms with Crippen molar-refractivity contribution < 1.29 is 23.7 Å². The van der Waals surface area contributed by atoms with E-state index in [1.165, 1.54) is 10.9 Å². The minimum absolute atomic E-state index is 0.0360. The van der Waals surface area contributed by atoms with E-state index in [4.69, 9.17) is 23.9 Å². The molecule has 0 unspecified atom stereocenters. The van der Waals surface area contributed by atoms with Crippen molar-refractivity contribution in [1.82, 2.24) is 24.4 Å². The molecule has 1 aromatic carbocycles. The van der Waals surface area contributed by atoms with Crippen molar-refractivity contribution in [3.63, 3.8) is 0 Å². The largest absolute Gasteiger partial charge is 0.497 e. The first-order chi connectivity index (χ1) is 23.2. The van der Waals surface area contributed by atoms with Crippen LogP contribution in [0.25, 0.3) is 11.2 Å². The maximum absolute atomic E-state index is 14.1. The van der Waals surface area contributed by atoms with Gasteiger partial charge >= 0.3 is 6.03 Å². The van der Waals surface area contributed by atoms with E-state index in [2.05, 4.69) is 22.5 Å². The lowest BCUT2D eigenvalue weighted by Gasteiger charge is -2.37. The van der Waals surface area contributed by atoms with Crippen LogP contribution in [0.15, 0.2) is 47.7 Å². The van der Waals surface area contributed by atoms with E-state index in [0.717, 1.165) is 55.3 Å². The molecule has 4 heterocycles. The molecule has 13 heteroatoms. The Morgan fingerprint density at radius 3 is 2.58 bits per heavy atom. The number of methoxy groups -OCH3 is 3. The fourth-order valence-corrected chi connectivity index (χ4v) is 7.00. The van der Waals surface area contributed by atoms with Gasteiger partial charge in [0.15, 0.2) is 5.65 Å². The topological polar surface area (TPSA) is 134 Å². The van der Waals surface area contributed by atoms with Gasteiger partial charge in [-0.1, -0.05) is 0 Å². The molecule has 1 amide bonds. The second-order valence-electron chi connectivity index (χ2n) is 13.3. The second kappa shape index (κ2) is 12.8. The van der Waals surface area contributed by atoms with Gasteiger partial charge in [0.2, 0.25) is 0 Å². The fraction of sp³-hybridized carbons (Fsp3) is 0.486. The van der Waals surface area contributed by atoms with Crippen LogP contribution in [0.3, 0.4) is 0 Å². The van der Waals surface area contributed by atoms with Crippen LogP contribution in [-0.4, -0.2) is 71.3 Å². The van der Waals surface area contributed by atoms with Crippen molar-refractivity contribution >= 4 is 34.4 Å². The number of carbonyl (C=O) groups is 1. The Hall–Kier alpha value is -4.62. The number of nitrogens with one attached hydrogen (secondary N) is 2. The summed E-state index contributed by atoms with van der Waals surface area (Å²) in [6.45, 7) is 2.91. The Balaban J connectivity index is 1.31. The van der Waals surface area contributed by atoms with Gasteiger partial charge in [-0.2, -0.15) is 0 Å². The van der Waals surface area contributed by atoms with Crippen LogP contribution in [-0.2, 0) is 22.6 Å². The van der Waals surface area contributed by atoms with E-state index < -0.39 is 0 Å². The number of pyridine rings is 2. The minimum atomic E-state index is -0.329. The zero-order chi connectivity index (χ0) is 33.6. The van der Waals surface area contributed by atoms with Crippen molar-refractivity contribution in [3.8, 4) is 11.5 Å². The van der Waals surface area contributed by atoms with Crippen LogP contribution in [0.1, 0.15) is 62.6 Å². The molecule has 2 N–H and O–H groups in total. The standard InChI is InChI=1S/C35H43N7O6/c1-35(47-5)12-10-23(11-13-35)41-17-21-14-26(33(41)43)37-30-16-27(40(2)18-22-6-7-24(45-3)15-29(22)46-4)31-32(39-30)42(20-36-31)34(44)38-25-8-9-28(25)48-19-21/h6-7,14-17,20,23,25,28H,8-13,18-19H2,1-5H3,(H,37,39)(H,38,44)/t23?,25-,28-,35?/m1/s1. The highest BCUT2D eigenvalue weighted by Gasteiger charge is 2.35. The number of rotatable bonds is 7. The van der Waals surface area contributed by atoms with Crippen molar-refractivity contribution in [2.75, 3.05) is 38.6 Å². The summed E-state index contributed by atoms with van der Waals surface area (Å²) >= 11 is 0. The molecule has 4 aromatic rings. The number of nitrogens with zero attached hydrogens (tertiary/aromatic N) is 5. The molecule has 7 rings (SSSR count). The summed E-state index contributed by atoms with van der Waals surface area (Å²) in [4.78, 5) is 39.2. The van der Waals surface area contributed by atoms with Crippen molar-refractivity contribution in [2.24, 2.45) is 0 Å². The molecule has 0 saturated heterocycles. The molecule has 1 aliphatic heterocycles. The van der Waals surface area contributed by atoms with Gasteiger partial charge in [0.05, 0.1) is 44.3 Å². The Labute approximate surface area is 279 Å². The highest BCUT2D eigenvalue weighted by molar-refractivity contribution is 5.95. The smallest absolute Gasteiger partial charge is 0.328 e. The molecule has 0 radical (unpaired) electrons. The lowest BCUT2D eigenvalue weighted by atomic mass is 9.83. The normalized spacial score (nSPS) is 23.8. The number of ether oxygens (including phenoxy) is 4. The van der Waals surface area contributed by atoms with Crippen LogP contribution in [0.5, 0.6) is 11.5 Å². The van der Waals surface area contributed by atoms with Gasteiger partial charge in [-0.15, -0.1) is 0 Å². The summed E-state index contributed by atoms with van der Waals surface area (Å²) in [5.74, 6) is 1.80. The molecule has 254 valence electrons. The van der Waals surface area contributed by atoms with Gasteiger partial charge in [-0.3, -0.25) is 4.79 Å². The average molecular weight is 658 g/mol. The molecular weight excluding hydrogens is 614 g/mol. The first kappa shape index (κ1) is 32.0. The van der Waals surface area contributed by atoms with Crippen LogP contribution in [0.4, 0.5) is 22.0 Å². The zero-order valence-electron chi connectivity index (χ0n) is 28.1. The van der Waals surface area contributed by atoms with Gasteiger partial charge < -0.3 is 39.0 Å². The minimum Gasteiger partial charge on any atom is -0.497 e. The number of anilines is 3. The molecular formula is C35H43N7O6. The summed E-state index contributed by atoms with van der Waals surface area (Å²) in [6.07, 6.45) is 8.33. The summed E-state index contributed by atoms with van der Waals surface area (Å²) in [5.41, 5.74) is 3.54. The predicted molar refractivity (Wildman–Crippen MR) is 182 cm³/mol. The maximum atomic E-state index is 14.1. The fourth-order valence-electron chi connectivity index (χ4n) is 7.00. The first-order valence-electron chi connectivity index (χ1n) is 16.5. The summed E-state index contributed by atoms with van der Waals surface area (Å²) < 4.78 is 26.4. The summed E-state index contributed by atoms with van der Waals surface area (Å²) in [5, 5.41) is 6.45. The molecule has 48 heavy (non-hydrogen) atoms. The summed E-state index contributed by atoms with van der Waals surface area (Å²) in [7, 11) is 6.95. The van der Waals surface area contributed by atoms with E-state index in [1.807, 2.05) is 53.0 Å². The lowest BCUT2D eigenvalue weighted by Crippen LogP contribution is -2.52. The zero-order valence-corrected chi connectivity index (χ0v) is 28.1. The van der Waals surface area contributed by atoms with Gasteiger partial charge in [-0.05, 0) is 69.2 Å². The predicted octanol–water partition coefficient (Wildman–Crippen LogP) is 5.13. The third-order valence-electron chi connectivity index (χ3n) is 10.3. The molecule has 3 aliphatic rings. The van der Waals surface area contributed by atoms with E-state index in [-0.39, 0.29) is 35.4 Å². The number of imidazole rings is 1. The number of aromatic nitrogens is 4. The SMILES string of the molecule is COc1ccc(CN(C)c2cc3nc4c2ncn4C(=O)N[C@@H]2CC[C@H]2OCc2cc(c(=O)n(C4CCC(C)(OC)CC4)c2)N3)c(OC)c1. The van der Waals surface area contributed by atoms with Gasteiger partial charge in [0.25, 0.3) is 5.56 Å². The van der Waals surface area contributed by atoms with Gasteiger partial charge in [0, 0.05) is 50.6 Å². The van der Waals surface area contributed by atoms with Crippen LogP contribution < -0.4 is 30.6 Å². The quantitative estimate of drug-likeness (QED) is 0.276. The van der Waals surface area contributed by atoms with Crippen molar-refractivity contribution in [2.45, 2.75) is 82.4 Å². The molecule has 2 atom stereocenters. The molecule has 4 bridgehead atoms. The highest BCUT2D eigenvalue weighted by atomic mass is 16.5. The Kier molecular flexibility index (Phi) is 8.50. The van der Waals surface area contributed by atoms with Crippen molar-refractivity contribution in [1.29, 1.82) is 0 Å². The van der Waals surface area contributed by atoms with Gasteiger partial charge in [-0.25, -0.2) is 19.3 Å². The molecule has 2 fully saturated rings. The van der Waals surface area contributed by atoms with Crippen molar-refractivity contribution in [3.05, 3.63) is 64.3 Å². The molecule has 13 nitrogen and oxygen atoms in total. The van der Waals surface area contributed by atoms with E-state index in [9.17, 15) is 9.59 Å². The number of hydrogen-bond donors (Lipinski definition) is 2. The third kappa shape index (κ3) is 5.96. The number of hydrogen-bond acceptors (Lipinski definition) is 10. The van der Waals surface area contributed by atoms with E-state index in [0.29, 0.717) is 47.3 Å². The van der Waals surface area contributed by atoms with Crippen LogP contribution >= 0.6 is 0 Å². The number of fused-ring (bicyclic) bond motifs is 4. The Morgan fingerprint density at radius 1 is 1.06 bits per heavy atom. The molecule has 3 aromatic heterocycles. The van der Waals surface area contributed by atoms with E-state index >= 15 is 0 Å².